The van der Waals surface area contributed by atoms with Crippen molar-refractivity contribution in [2.45, 2.75) is 6.54 Å². The van der Waals surface area contributed by atoms with Gasteiger partial charge in [0.2, 0.25) is 11.8 Å². The highest BCUT2D eigenvalue weighted by molar-refractivity contribution is 5.82. The molecule has 0 bridgehead atoms. The molecule has 0 atom stereocenters. The number of amides is 2. The van der Waals surface area contributed by atoms with Crippen LogP contribution in [0.1, 0.15) is 5.56 Å². The van der Waals surface area contributed by atoms with Gasteiger partial charge in [0.25, 0.3) is 0 Å². The van der Waals surface area contributed by atoms with Gasteiger partial charge in [0, 0.05) is 18.3 Å². The number of hydrogen-bond acceptors (Lipinski definition) is 5. The van der Waals surface area contributed by atoms with Crippen LogP contribution in [0, 0.1) is 0 Å². The Bertz CT molecular complexity index is 721. The molecule has 1 saturated heterocycles. The molecule has 1 fully saturated rings. The number of pyridine rings is 1. The van der Waals surface area contributed by atoms with Crippen LogP contribution in [0.25, 0.3) is 0 Å². The second-order valence-electron chi connectivity index (χ2n) is 5.20. The van der Waals surface area contributed by atoms with E-state index in [9.17, 15) is 9.59 Å². The van der Waals surface area contributed by atoms with E-state index in [-0.39, 0.29) is 19.0 Å². The molecule has 0 saturated carbocycles. The molecule has 1 aliphatic rings. The third kappa shape index (κ3) is 4.01. The maximum atomic E-state index is 12.0. The molecule has 3 rings (SSSR count). The van der Waals surface area contributed by atoms with Crippen LogP contribution >= 0.6 is 0 Å². The van der Waals surface area contributed by atoms with E-state index in [1.165, 1.54) is 4.90 Å². The minimum absolute atomic E-state index is 0.0199. The zero-order chi connectivity index (χ0) is 16.8. The fourth-order valence-electron chi connectivity index (χ4n) is 2.24. The van der Waals surface area contributed by atoms with Crippen LogP contribution in [0.2, 0.25) is 0 Å². The number of hydrogen-bond donors (Lipinski definition) is 1. The Hall–Kier alpha value is -3.09. The number of nitrogens with zero attached hydrogens (tertiary/aromatic N) is 2. The summed E-state index contributed by atoms with van der Waals surface area (Å²) in [7, 11) is 0. The van der Waals surface area contributed by atoms with Crippen LogP contribution < -0.4 is 10.1 Å². The molecular weight excluding hydrogens is 310 g/mol. The highest BCUT2D eigenvalue weighted by Crippen LogP contribution is 2.22. The van der Waals surface area contributed by atoms with Gasteiger partial charge in [-0.05, 0) is 18.2 Å². The van der Waals surface area contributed by atoms with Gasteiger partial charge in [-0.15, -0.1) is 0 Å². The Morgan fingerprint density at radius 3 is 2.83 bits per heavy atom. The van der Waals surface area contributed by atoms with Crippen molar-refractivity contribution >= 4 is 12.0 Å². The van der Waals surface area contributed by atoms with Crippen molar-refractivity contribution in [2.75, 3.05) is 19.7 Å². The summed E-state index contributed by atoms with van der Waals surface area (Å²) in [6, 6.07) is 12.9. The standard InChI is InChI=1S/C17H17N3O4/c21-15(12-20-9-10-23-17(20)22)19-11-13-5-4-8-18-16(13)24-14-6-2-1-3-7-14/h1-8H,9-12H2,(H,19,21). The van der Waals surface area contributed by atoms with E-state index in [2.05, 4.69) is 10.3 Å². The highest BCUT2D eigenvalue weighted by atomic mass is 16.6. The van der Waals surface area contributed by atoms with Gasteiger partial charge in [0.1, 0.15) is 18.9 Å². The quantitative estimate of drug-likeness (QED) is 0.877. The lowest BCUT2D eigenvalue weighted by atomic mass is 10.2. The van der Waals surface area contributed by atoms with Crippen LogP contribution in [0.5, 0.6) is 11.6 Å². The predicted octanol–water partition coefficient (Wildman–Crippen LogP) is 1.94. The Morgan fingerprint density at radius 2 is 2.08 bits per heavy atom. The Labute approximate surface area is 139 Å². The van der Waals surface area contributed by atoms with Crippen LogP contribution in [0.4, 0.5) is 4.79 Å². The number of carbonyl (C=O) groups is 2. The lowest BCUT2D eigenvalue weighted by Gasteiger charge is -2.13. The molecule has 124 valence electrons. The van der Waals surface area contributed by atoms with Crippen molar-refractivity contribution in [1.82, 2.24) is 15.2 Å². The third-order valence-corrected chi connectivity index (χ3v) is 3.46. The summed E-state index contributed by atoms with van der Waals surface area (Å²) in [4.78, 5) is 28.9. The summed E-state index contributed by atoms with van der Waals surface area (Å²) < 4.78 is 10.5. The molecule has 1 aromatic carbocycles. The SMILES string of the molecule is O=C(CN1CCOC1=O)NCc1cccnc1Oc1ccccc1. The van der Waals surface area contributed by atoms with E-state index in [1.54, 1.807) is 12.3 Å². The van der Waals surface area contributed by atoms with E-state index in [4.69, 9.17) is 9.47 Å². The molecule has 1 N–H and O–H groups in total. The first kappa shape index (κ1) is 15.8. The van der Waals surface area contributed by atoms with Crippen LogP contribution in [-0.4, -0.2) is 41.6 Å². The van der Waals surface area contributed by atoms with Crippen LogP contribution in [0.3, 0.4) is 0 Å². The lowest BCUT2D eigenvalue weighted by Crippen LogP contribution is -2.37. The van der Waals surface area contributed by atoms with Gasteiger partial charge < -0.3 is 14.8 Å². The van der Waals surface area contributed by atoms with Gasteiger partial charge in [-0.1, -0.05) is 24.3 Å². The highest BCUT2D eigenvalue weighted by Gasteiger charge is 2.24. The number of benzene rings is 1. The van der Waals surface area contributed by atoms with Gasteiger partial charge in [0.15, 0.2) is 0 Å². The Balaban J connectivity index is 1.59. The summed E-state index contributed by atoms with van der Waals surface area (Å²) >= 11 is 0. The smallest absolute Gasteiger partial charge is 0.410 e. The Kier molecular flexibility index (Phi) is 4.90. The summed E-state index contributed by atoms with van der Waals surface area (Å²) in [5.41, 5.74) is 0.749. The van der Waals surface area contributed by atoms with Crippen molar-refractivity contribution in [3.63, 3.8) is 0 Å². The second kappa shape index (κ2) is 7.45. The molecular formula is C17H17N3O4. The number of para-hydroxylation sites is 1. The molecule has 1 aliphatic heterocycles. The Morgan fingerprint density at radius 1 is 1.25 bits per heavy atom. The van der Waals surface area contributed by atoms with Gasteiger partial charge in [-0.3, -0.25) is 9.69 Å². The minimum Gasteiger partial charge on any atom is -0.448 e. The first-order valence-corrected chi connectivity index (χ1v) is 7.57. The molecule has 2 amide bonds. The fraction of sp³-hybridized carbons (Fsp3) is 0.235. The molecule has 2 heterocycles. The summed E-state index contributed by atoms with van der Waals surface area (Å²) in [6.45, 7) is 0.997. The largest absolute Gasteiger partial charge is 0.448 e. The number of nitrogens with one attached hydrogen (secondary N) is 1. The number of cyclic esters (lactones) is 1. The zero-order valence-corrected chi connectivity index (χ0v) is 13.0. The lowest BCUT2D eigenvalue weighted by molar-refractivity contribution is -0.121. The van der Waals surface area contributed by atoms with E-state index in [0.29, 0.717) is 24.8 Å². The van der Waals surface area contributed by atoms with Crippen molar-refractivity contribution in [1.29, 1.82) is 0 Å². The zero-order valence-electron chi connectivity index (χ0n) is 13.0. The first-order valence-electron chi connectivity index (χ1n) is 7.57. The average Bonchev–Trinajstić information content (AvgIpc) is 3.00. The second-order valence-corrected chi connectivity index (χ2v) is 5.20. The van der Waals surface area contributed by atoms with Gasteiger partial charge in [-0.25, -0.2) is 9.78 Å². The maximum Gasteiger partial charge on any atom is 0.410 e. The molecule has 0 unspecified atom stereocenters. The van der Waals surface area contributed by atoms with Gasteiger partial charge >= 0.3 is 6.09 Å². The minimum atomic E-state index is -0.459. The molecule has 0 radical (unpaired) electrons. The predicted molar refractivity (Wildman–Crippen MR) is 85.5 cm³/mol. The number of ether oxygens (including phenoxy) is 2. The summed E-state index contributed by atoms with van der Waals surface area (Å²) in [5.74, 6) is 0.844. The van der Waals surface area contributed by atoms with Crippen molar-refractivity contribution < 1.29 is 19.1 Å². The van der Waals surface area contributed by atoms with Gasteiger partial charge in [0.05, 0.1) is 6.54 Å². The van der Waals surface area contributed by atoms with E-state index in [1.807, 2.05) is 36.4 Å². The normalized spacial score (nSPS) is 13.5. The van der Waals surface area contributed by atoms with Crippen LogP contribution in [-0.2, 0) is 16.1 Å². The summed E-state index contributed by atoms with van der Waals surface area (Å²) in [5, 5.41) is 2.76. The summed E-state index contributed by atoms with van der Waals surface area (Å²) in [6.07, 6.45) is 1.17. The number of carbonyl (C=O) groups excluding carboxylic acids is 2. The van der Waals surface area contributed by atoms with E-state index in [0.717, 1.165) is 5.56 Å². The van der Waals surface area contributed by atoms with Crippen molar-refractivity contribution in [3.05, 3.63) is 54.2 Å². The van der Waals surface area contributed by atoms with Crippen molar-refractivity contribution in [3.8, 4) is 11.6 Å². The van der Waals surface area contributed by atoms with Gasteiger partial charge in [-0.2, -0.15) is 0 Å². The maximum absolute atomic E-state index is 12.0. The topological polar surface area (TPSA) is 80.8 Å². The molecule has 24 heavy (non-hydrogen) atoms. The molecule has 7 nitrogen and oxygen atoms in total. The molecule has 7 heteroatoms. The fourth-order valence-corrected chi connectivity index (χ4v) is 2.24. The first-order chi connectivity index (χ1) is 11.7. The number of aromatic nitrogens is 1. The average molecular weight is 327 g/mol. The molecule has 0 spiro atoms. The monoisotopic (exact) mass is 327 g/mol. The molecule has 0 aliphatic carbocycles. The van der Waals surface area contributed by atoms with Crippen molar-refractivity contribution in [2.24, 2.45) is 0 Å². The number of rotatable bonds is 6. The molecule has 1 aromatic heterocycles. The molecule has 2 aromatic rings. The van der Waals surface area contributed by atoms with Crippen LogP contribution in [0.15, 0.2) is 48.7 Å². The van der Waals surface area contributed by atoms with E-state index >= 15 is 0 Å². The third-order valence-electron chi connectivity index (χ3n) is 3.46. The van der Waals surface area contributed by atoms with E-state index < -0.39 is 6.09 Å².